The molecule has 12 heavy (non-hydrogen) atoms. The molecule has 0 saturated carbocycles. The Labute approximate surface area is 76.0 Å². The van der Waals surface area contributed by atoms with Crippen LogP contribution in [0, 0.1) is 0 Å². The maximum Gasteiger partial charge on any atom is 0.181 e. The summed E-state index contributed by atoms with van der Waals surface area (Å²) in [5.74, 6) is 0. The minimum Gasteiger partial charge on any atom is -0.375 e. The number of nitrogen functional groups attached to an aromatic ring is 1. The lowest BCUT2D eigenvalue weighted by atomic mass is 10.3. The fraction of sp³-hybridized carbons (Fsp3) is 0.222. The quantitative estimate of drug-likeness (QED) is 0.677. The number of anilines is 1. The normalized spacial score (nSPS) is 9.17. The Bertz CT molecular complexity index is 321. The van der Waals surface area contributed by atoms with Crippen molar-refractivity contribution in [2.45, 2.75) is 13.8 Å². The van der Waals surface area contributed by atoms with Gasteiger partial charge in [-0.25, -0.2) is 4.98 Å². The molecule has 0 aliphatic heterocycles. The predicted molar refractivity (Wildman–Crippen MR) is 55.4 cm³/mol. The van der Waals surface area contributed by atoms with Gasteiger partial charge in [-0.1, -0.05) is 37.3 Å². The maximum atomic E-state index is 5.50. The van der Waals surface area contributed by atoms with Gasteiger partial charge < -0.3 is 5.73 Å². The first-order valence-corrected chi connectivity index (χ1v) is 4.79. The highest BCUT2D eigenvalue weighted by Gasteiger charge is 1.96. The van der Waals surface area contributed by atoms with Gasteiger partial charge in [0.05, 0.1) is 10.2 Å². The van der Waals surface area contributed by atoms with Crippen LogP contribution in [0.4, 0.5) is 5.13 Å². The second-order valence-electron chi connectivity index (χ2n) is 2.02. The summed E-state index contributed by atoms with van der Waals surface area (Å²) in [5.41, 5.74) is 6.49. The van der Waals surface area contributed by atoms with E-state index in [0.29, 0.717) is 5.13 Å². The molecule has 1 heterocycles. The summed E-state index contributed by atoms with van der Waals surface area (Å²) in [6.45, 7) is 4.00. The molecule has 0 bridgehead atoms. The number of nitrogens with two attached hydrogens (primary N) is 1. The molecule has 0 spiro atoms. The van der Waals surface area contributed by atoms with Crippen molar-refractivity contribution in [2.24, 2.45) is 0 Å². The fourth-order valence-electron chi connectivity index (χ4n) is 0.890. The lowest BCUT2D eigenvalue weighted by Crippen LogP contribution is -1.78. The molecular weight excluding hydrogens is 168 g/mol. The number of rotatable bonds is 0. The zero-order valence-corrected chi connectivity index (χ0v) is 8.06. The fourth-order valence-corrected chi connectivity index (χ4v) is 1.62. The van der Waals surface area contributed by atoms with Gasteiger partial charge in [0.25, 0.3) is 0 Å². The molecule has 2 N–H and O–H groups in total. The van der Waals surface area contributed by atoms with Crippen LogP contribution < -0.4 is 5.73 Å². The van der Waals surface area contributed by atoms with Gasteiger partial charge in [0, 0.05) is 0 Å². The lowest BCUT2D eigenvalue weighted by molar-refractivity contribution is 1.50. The molecule has 0 fully saturated rings. The van der Waals surface area contributed by atoms with Gasteiger partial charge in [-0.2, -0.15) is 0 Å². The van der Waals surface area contributed by atoms with Crippen LogP contribution in [0.25, 0.3) is 10.2 Å². The number of nitrogens with zero attached hydrogens (tertiary/aromatic N) is 1. The Morgan fingerprint density at radius 1 is 1.25 bits per heavy atom. The number of hydrogen-bond acceptors (Lipinski definition) is 3. The highest BCUT2D eigenvalue weighted by Crippen LogP contribution is 2.22. The molecule has 0 unspecified atom stereocenters. The van der Waals surface area contributed by atoms with Crippen molar-refractivity contribution in [2.75, 3.05) is 5.73 Å². The number of fused-ring (bicyclic) bond motifs is 1. The van der Waals surface area contributed by atoms with Crippen LogP contribution in [0.15, 0.2) is 24.3 Å². The molecule has 3 heteroatoms. The summed E-state index contributed by atoms with van der Waals surface area (Å²) in [7, 11) is 0. The molecule has 2 rings (SSSR count). The first-order valence-electron chi connectivity index (χ1n) is 3.97. The Morgan fingerprint density at radius 3 is 2.58 bits per heavy atom. The zero-order valence-electron chi connectivity index (χ0n) is 7.24. The van der Waals surface area contributed by atoms with E-state index in [0.717, 1.165) is 10.2 Å². The van der Waals surface area contributed by atoms with E-state index in [4.69, 9.17) is 5.73 Å². The standard InChI is InChI=1S/C7H6N2S.C2H6/c8-7-9-5-3-1-2-4-6(5)10-7;1-2/h1-4H,(H2,8,9);1-2H3. The monoisotopic (exact) mass is 180 g/mol. The van der Waals surface area contributed by atoms with Gasteiger partial charge in [0.2, 0.25) is 0 Å². The van der Waals surface area contributed by atoms with Crippen molar-refractivity contribution in [3.8, 4) is 0 Å². The molecule has 0 atom stereocenters. The van der Waals surface area contributed by atoms with Gasteiger partial charge in [0.1, 0.15) is 0 Å². The molecule has 0 aliphatic rings. The van der Waals surface area contributed by atoms with Crippen molar-refractivity contribution in [3.05, 3.63) is 24.3 Å². The smallest absolute Gasteiger partial charge is 0.181 e. The van der Waals surface area contributed by atoms with E-state index < -0.39 is 0 Å². The summed E-state index contributed by atoms with van der Waals surface area (Å²) in [6.07, 6.45) is 0. The highest BCUT2D eigenvalue weighted by molar-refractivity contribution is 7.22. The Morgan fingerprint density at radius 2 is 1.92 bits per heavy atom. The van der Waals surface area contributed by atoms with Gasteiger partial charge in [-0.15, -0.1) is 0 Å². The van der Waals surface area contributed by atoms with E-state index in [1.807, 2.05) is 38.1 Å². The summed E-state index contributed by atoms with van der Waals surface area (Å²) in [6, 6.07) is 7.92. The topological polar surface area (TPSA) is 38.9 Å². The Kier molecular flexibility index (Phi) is 3.05. The van der Waals surface area contributed by atoms with Crippen LogP contribution in [0.3, 0.4) is 0 Å². The third-order valence-corrected chi connectivity index (χ3v) is 2.18. The van der Waals surface area contributed by atoms with E-state index >= 15 is 0 Å². The Balaban J connectivity index is 0.000000336. The Hall–Kier alpha value is -1.09. The van der Waals surface area contributed by atoms with Gasteiger partial charge in [-0.05, 0) is 12.1 Å². The molecule has 0 amide bonds. The van der Waals surface area contributed by atoms with E-state index in [2.05, 4.69) is 4.98 Å². The maximum absolute atomic E-state index is 5.50. The number of aromatic nitrogens is 1. The number of hydrogen-bond donors (Lipinski definition) is 1. The van der Waals surface area contributed by atoms with Crippen LogP contribution in [-0.2, 0) is 0 Å². The molecule has 1 aromatic carbocycles. The zero-order chi connectivity index (χ0) is 8.97. The van der Waals surface area contributed by atoms with Crippen molar-refractivity contribution in [1.29, 1.82) is 0 Å². The summed E-state index contributed by atoms with van der Waals surface area (Å²) >= 11 is 1.52. The molecule has 2 aromatic rings. The third kappa shape index (κ3) is 1.74. The van der Waals surface area contributed by atoms with E-state index in [-0.39, 0.29) is 0 Å². The molecule has 0 saturated heterocycles. The average molecular weight is 180 g/mol. The van der Waals surface area contributed by atoms with Crippen molar-refractivity contribution in [1.82, 2.24) is 4.98 Å². The van der Waals surface area contributed by atoms with Crippen LogP contribution in [0.2, 0.25) is 0 Å². The second-order valence-corrected chi connectivity index (χ2v) is 3.08. The first-order chi connectivity index (χ1) is 5.86. The minimum atomic E-state index is 0.640. The molecule has 1 aromatic heterocycles. The van der Waals surface area contributed by atoms with Gasteiger partial charge >= 0.3 is 0 Å². The van der Waals surface area contributed by atoms with E-state index in [9.17, 15) is 0 Å². The van der Waals surface area contributed by atoms with Gasteiger partial charge in [0.15, 0.2) is 5.13 Å². The summed E-state index contributed by atoms with van der Waals surface area (Å²) in [5, 5.41) is 0.640. The largest absolute Gasteiger partial charge is 0.375 e. The SMILES string of the molecule is CC.Nc1nc2ccccc2s1. The summed E-state index contributed by atoms with van der Waals surface area (Å²) in [4.78, 5) is 4.11. The van der Waals surface area contributed by atoms with Gasteiger partial charge in [-0.3, -0.25) is 0 Å². The second kappa shape index (κ2) is 4.07. The lowest BCUT2D eigenvalue weighted by Gasteiger charge is -1.80. The number of para-hydroxylation sites is 1. The van der Waals surface area contributed by atoms with Crippen molar-refractivity contribution in [3.63, 3.8) is 0 Å². The number of thiazole rings is 1. The molecule has 2 nitrogen and oxygen atoms in total. The van der Waals surface area contributed by atoms with Crippen LogP contribution in [0.1, 0.15) is 13.8 Å². The third-order valence-electron chi connectivity index (χ3n) is 1.31. The molecule has 0 radical (unpaired) electrons. The van der Waals surface area contributed by atoms with Crippen LogP contribution >= 0.6 is 11.3 Å². The van der Waals surface area contributed by atoms with Crippen LogP contribution in [0.5, 0.6) is 0 Å². The minimum absolute atomic E-state index is 0.640. The molecular formula is C9H12N2S. The van der Waals surface area contributed by atoms with Crippen molar-refractivity contribution < 1.29 is 0 Å². The summed E-state index contributed by atoms with van der Waals surface area (Å²) < 4.78 is 1.15. The van der Waals surface area contributed by atoms with Crippen LogP contribution in [-0.4, -0.2) is 4.98 Å². The number of benzene rings is 1. The first kappa shape index (κ1) is 9.00. The van der Waals surface area contributed by atoms with Crippen molar-refractivity contribution >= 4 is 26.7 Å². The molecule has 64 valence electrons. The molecule has 0 aliphatic carbocycles. The average Bonchev–Trinajstić information content (AvgIpc) is 2.48. The van der Waals surface area contributed by atoms with E-state index in [1.54, 1.807) is 0 Å². The highest BCUT2D eigenvalue weighted by atomic mass is 32.1. The predicted octanol–water partition coefficient (Wildman–Crippen LogP) is 2.90. The van der Waals surface area contributed by atoms with E-state index in [1.165, 1.54) is 11.3 Å².